The van der Waals surface area contributed by atoms with Gasteiger partial charge < -0.3 is 4.90 Å². The Labute approximate surface area is 185 Å². The van der Waals surface area contributed by atoms with Gasteiger partial charge in [0.25, 0.3) is 0 Å². The smallest absolute Gasteiger partial charge is 0.0239 e. The molecule has 0 N–H and O–H groups in total. The molecule has 1 heteroatoms. The average Bonchev–Trinajstić information content (AvgIpc) is 2.78. The van der Waals surface area contributed by atoms with Gasteiger partial charge in [-0.2, -0.15) is 0 Å². The van der Waals surface area contributed by atoms with E-state index in [-0.39, 0.29) is 0 Å². The van der Waals surface area contributed by atoms with Gasteiger partial charge in [-0.1, -0.05) is 81.5 Å². The van der Waals surface area contributed by atoms with Crippen LogP contribution in [0.4, 0.5) is 0 Å². The third kappa shape index (κ3) is 6.11. The molecule has 0 amide bonds. The van der Waals surface area contributed by atoms with Crippen molar-refractivity contribution < 1.29 is 0 Å². The van der Waals surface area contributed by atoms with Gasteiger partial charge in [0.1, 0.15) is 0 Å². The third-order valence-corrected chi connectivity index (χ3v) is 6.22. The van der Waals surface area contributed by atoms with Crippen LogP contribution in [0.15, 0.2) is 73.0 Å². The maximum absolute atomic E-state index is 3.88. The van der Waals surface area contributed by atoms with Gasteiger partial charge in [0.05, 0.1) is 0 Å². The molecule has 0 bridgehead atoms. The molecule has 1 nitrogen and oxygen atoms in total. The lowest BCUT2D eigenvalue weighted by molar-refractivity contribution is 0.434. The first kappa shape index (κ1) is 24.0. The molecule has 3 rings (SSSR count). The zero-order valence-electron chi connectivity index (χ0n) is 19.8. The standard InChI is InChI=1S/C16H23N.C13H18/c1-4-8-16(17(2)3)15-12-7-10-13-9-5-6-11-14(13)15;1-4-11(5-2)13-10-8-7-9-12(13)6-3/h5-6,8-9,11,15H,4,7,10,12H2,1-3H3;4,7-11H,1,5-6H2,2-3H3/b16-8-;. The van der Waals surface area contributed by atoms with Crippen molar-refractivity contribution in [1.82, 2.24) is 4.90 Å². The van der Waals surface area contributed by atoms with Crippen LogP contribution in [0.3, 0.4) is 0 Å². The second-order valence-corrected chi connectivity index (χ2v) is 8.38. The molecule has 2 unspecified atom stereocenters. The van der Waals surface area contributed by atoms with Crippen LogP contribution in [0.1, 0.15) is 80.5 Å². The fourth-order valence-electron chi connectivity index (χ4n) is 4.64. The second kappa shape index (κ2) is 12.4. The Morgan fingerprint density at radius 1 is 1.07 bits per heavy atom. The predicted molar refractivity (Wildman–Crippen MR) is 133 cm³/mol. The average molecular weight is 404 g/mol. The zero-order valence-corrected chi connectivity index (χ0v) is 19.8. The van der Waals surface area contributed by atoms with Crippen molar-refractivity contribution in [3.63, 3.8) is 0 Å². The molecular formula is C29H41N. The van der Waals surface area contributed by atoms with E-state index in [0.717, 1.165) is 19.3 Å². The fraction of sp³-hybridized carbons (Fsp3) is 0.448. The summed E-state index contributed by atoms with van der Waals surface area (Å²) in [6.07, 6.45) is 11.7. The van der Waals surface area contributed by atoms with Crippen molar-refractivity contribution in [2.75, 3.05) is 14.1 Å². The van der Waals surface area contributed by atoms with Crippen molar-refractivity contribution in [1.29, 1.82) is 0 Å². The number of hydrogen-bond donors (Lipinski definition) is 0. The molecule has 2 aromatic rings. The highest BCUT2D eigenvalue weighted by atomic mass is 15.1. The van der Waals surface area contributed by atoms with Gasteiger partial charge in [-0.3, -0.25) is 0 Å². The Morgan fingerprint density at radius 2 is 1.77 bits per heavy atom. The van der Waals surface area contributed by atoms with Crippen LogP contribution in [-0.4, -0.2) is 19.0 Å². The summed E-state index contributed by atoms with van der Waals surface area (Å²) < 4.78 is 0. The first-order valence-electron chi connectivity index (χ1n) is 11.7. The maximum atomic E-state index is 3.88. The number of allylic oxidation sites excluding steroid dienone is 3. The molecule has 0 aromatic heterocycles. The Balaban J connectivity index is 0.000000222. The minimum atomic E-state index is 0.524. The molecule has 162 valence electrons. The van der Waals surface area contributed by atoms with Gasteiger partial charge in [-0.05, 0) is 60.8 Å². The summed E-state index contributed by atoms with van der Waals surface area (Å²) in [4.78, 5) is 2.29. The lowest BCUT2D eigenvalue weighted by Crippen LogP contribution is -2.21. The highest BCUT2D eigenvalue weighted by Crippen LogP contribution is 2.37. The first-order valence-corrected chi connectivity index (χ1v) is 11.7. The molecule has 0 radical (unpaired) electrons. The van der Waals surface area contributed by atoms with Gasteiger partial charge in [0.2, 0.25) is 0 Å². The van der Waals surface area contributed by atoms with Crippen molar-refractivity contribution in [3.05, 3.63) is 95.2 Å². The Kier molecular flexibility index (Phi) is 9.94. The number of rotatable bonds is 7. The van der Waals surface area contributed by atoms with Crippen LogP contribution in [0.2, 0.25) is 0 Å². The summed E-state index contributed by atoms with van der Waals surface area (Å²) in [5.41, 5.74) is 7.48. The van der Waals surface area contributed by atoms with E-state index in [9.17, 15) is 0 Å². The molecule has 0 saturated carbocycles. The van der Waals surface area contributed by atoms with Crippen molar-refractivity contribution in [2.45, 2.75) is 71.1 Å². The quantitative estimate of drug-likeness (QED) is 0.425. The second-order valence-electron chi connectivity index (χ2n) is 8.38. The maximum Gasteiger partial charge on any atom is 0.0239 e. The minimum Gasteiger partial charge on any atom is -0.381 e. The Bertz CT molecular complexity index is 815. The minimum absolute atomic E-state index is 0.524. The zero-order chi connectivity index (χ0) is 21.9. The third-order valence-electron chi connectivity index (χ3n) is 6.22. The first-order chi connectivity index (χ1) is 14.6. The molecule has 0 fully saturated rings. The van der Waals surface area contributed by atoms with Gasteiger partial charge in [0, 0.05) is 31.6 Å². The van der Waals surface area contributed by atoms with E-state index in [4.69, 9.17) is 0 Å². The van der Waals surface area contributed by atoms with E-state index in [1.54, 1.807) is 11.1 Å². The van der Waals surface area contributed by atoms with E-state index in [2.05, 4.69) is 107 Å². The molecule has 0 saturated heterocycles. The summed E-state index contributed by atoms with van der Waals surface area (Å²) in [6, 6.07) is 17.6. The van der Waals surface area contributed by atoms with Crippen LogP contribution in [0.5, 0.6) is 0 Å². The van der Waals surface area contributed by atoms with Gasteiger partial charge in [-0.25, -0.2) is 0 Å². The lowest BCUT2D eigenvalue weighted by atomic mass is 9.80. The lowest BCUT2D eigenvalue weighted by Gasteiger charge is -2.31. The van der Waals surface area contributed by atoms with Gasteiger partial charge in [0.15, 0.2) is 0 Å². The van der Waals surface area contributed by atoms with Crippen LogP contribution in [-0.2, 0) is 12.8 Å². The molecule has 30 heavy (non-hydrogen) atoms. The molecule has 2 aromatic carbocycles. The molecule has 1 aliphatic rings. The monoisotopic (exact) mass is 403 g/mol. The number of fused-ring (bicyclic) bond motifs is 1. The number of likely N-dealkylation sites (N-methyl/N-ethyl adjacent to an activating group) is 1. The Morgan fingerprint density at radius 3 is 2.40 bits per heavy atom. The molecular weight excluding hydrogens is 362 g/mol. The molecule has 1 aliphatic carbocycles. The highest BCUT2D eigenvalue weighted by molar-refractivity contribution is 5.38. The number of benzene rings is 2. The summed E-state index contributed by atoms with van der Waals surface area (Å²) in [5, 5.41) is 0. The van der Waals surface area contributed by atoms with Crippen molar-refractivity contribution in [3.8, 4) is 0 Å². The largest absolute Gasteiger partial charge is 0.381 e. The van der Waals surface area contributed by atoms with E-state index < -0.39 is 0 Å². The van der Waals surface area contributed by atoms with Crippen LogP contribution >= 0.6 is 0 Å². The van der Waals surface area contributed by atoms with Gasteiger partial charge >= 0.3 is 0 Å². The van der Waals surface area contributed by atoms with Gasteiger partial charge in [-0.15, -0.1) is 6.58 Å². The number of nitrogens with zero attached hydrogens (tertiary/aromatic N) is 1. The summed E-state index contributed by atoms with van der Waals surface area (Å²) in [7, 11) is 4.33. The van der Waals surface area contributed by atoms with E-state index in [0.29, 0.717) is 11.8 Å². The number of aryl methyl sites for hydroxylation is 2. The number of hydrogen-bond acceptors (Lipinski definition) is 1. The van der Waals surface area contributed by atoms with Crippen LogP contribution in [0, 0.1) is 0 Å². The highest BCUT2D eigenvalue weighted by Gasteiger charge is 2.23. The molecule has 0 spiro atoms. The fourth-order valence-corrected chi connectivity index (χ4v) is 4.64. The molecule has 2 atom stereocenters. The molecule has 0 heterocycles. The van der Waals surface area contributed by atoms with Crippen LogP contribution in [0.25, 0.3) is 0 Å². The molecule has 0 aliphatic heterocycles. The summed E-state index contributed by atoms with van der Waals surface area (Å²) >= 11 is 0. The summed E-state index contributed by atoms with van der Waals surface area (Å²) in [6.45, 7) is 10.5. The van der Waals surface area contributed by atoms with E-state index in [1.165, 1.54) is 36.1 Å². The van der Waals surface area contributed by atoms with Crippen LogP contribution < -0.4 is 0 Å². The topological polar surface area (TPSA) is 3.24 Å². The van der Waals surface area contributed by atoms with Crippen molar-refractivity contribution in [2.24, 2.45) is 0 Å². The SMILES string of the molecule is C=CC(CC)c1ccccc1CC.CC/C=C(/C1CCCc2ccccc21)N(C)C. The van der Waals surface area contributed by atoms with E-state index in [1.807, 2.05) is 0 Å². The normalized spacial score (nSPS) is 16.7. The Hall–Kier alpha value is -2.28. The van der Waals surface area contributed by atoms with Crippen molar-refractivity contribution >= 4 is 0 Å². The summed E-state index contributed by atoms with van der Waals surface area (Å²) in [5.74, 6) is 1.13. The van der Waals surface area contributed by atoms with E-state index >= 15 is 0 Å². The predicted octanol–water partition coefficient (Wildman–Crippen LogP) is 7.89.